The van der Waals surface area contributed by atoms with Crippen molar-refractivity contribution in [2.45, 2.75) is 18.9 Å². The van der Waals surface area contributed by atoms with Crippen LogP contribution in [0.1, 0.15) is 33.6 Å². The van der Waals surface area contributed by atoms with Gasteiger partial charge in [0.25, 0.3) is 17.7 Å². The van der Waals surface area contributed by atoms with Crippen LogP contribution in [0.25, 0.3) is 0 Å². The molecule has 0 saturated carbocycles. The van der Waals surface area contributed by atoms with Crippen LogP contribution in [0.15, 0.2) is 18.2 Å². The third-order valence-electron chi connectivity index (χ3n) is 4.23. The van der Waals surface area contributed by atoms with Gasteiger partial charge in [-0.15, -0.1) is 0 Å². The Balaban J connectivity index is 1.98. The number of nitrogens with two attached hydrogens (primary N) is 1. The summed E-state index contributed by atoms with van der Waals surface area (Å²) in [5, 5.41) is 0. The number of carbonyl (C=O) groups is 5. The van der Waals surface area contributed by atoms with Gasteiger partial charge in [0.1, 0.15) is 11.8 Å². The maximum absolute atomic E-state index is 12.8. The normalized spacial score (nSPS) is 20.2. The van der Waals surface area contributed by atoms with E-state index in [1.807, 2.05) is 0 Å². The number of hydrogen-bond acceptors (Lipinski definition) is 7. The summed E-state index contributed by atoms with van der Waals surface area (Å²) in [5.74, 6) is -3.22. The minimum Gasteiger partial charge on any atom is -0.425 e. The zero-order valence-electron chi connectivity index (χ0n) is 13.4. The zero-order valence-corrected chi connectivity index (χ0v) is 13.4. The predicted molar refractivity (Wildman–Crippen MR) is 82.4 cm³/mol. The fraction of sp³-hybridized carbons (Fsp3) is 0.312. The van der Waals surface area contributed by atoms with E-state index < -0.39 is 29.7 Å². The van der Waals surface area contributed by atoms with Crippen LogP contribution >= 0.6 is 0 Å². The molecule has 1 fully saturated rings. The molecule has 2 aliphatic heterocycles. The van der Waals surface area contributed by atoms with E-state index in [0.29, 0.717) is 0 Å². The molecule has 0 bridgehead atoms. The maximum Gasteiger partial charge on any atom is 0.325 e. The van der Waals surface area contributed by atoms with Gasteiger partial charge in [-0.25, -0.2) is 0 Å². The molecule has 1 saturated heterocycles. The summed E-state index contributed by atoms with van der Waals surface area (Å²) in [6, 6.07) is 3.19. The number of ether oxygens (including phenoxy) is 1. The molecule has 0 aliphatic carbocycles. The van der Waals surface area contributed by atoms with E-state index in [2.05, 4.69) is 0 Å². The number of benzene rings is 1. The van der Waals surface area contributed by atoms with Crippen LogP contribution < -0.4 is 10.5 Å². The van der Waals surface area contributed by atoms with Gasteiger partial charge in [0.05, 0.1) is 17.7 Å². The number of fused-ring (bicyclic) bond motifs is 1. The van der Waals surface area contributed by atoms with E-state index in [0.717, 1.165) is 9.80 Å². The van der Waals surface area contributed by atoms with Crippen molar-refractivity contribution in [3.63, 3.8) is 0 Å². The standard InChI is InChI=1S/C16H15N3O6/c1-18-11(20)6-5-9(15(18)23)19-14(22)8-3-2-4-10(13(8)16(19)24)25-12(21)7-17/h2-4,9H,5-7,17H2,1H3. The van der Waals surface area contributed by atoms with Crippen molar-refractivity contribution >= 4 is 29.6 Å². The zero-order chi connectivity index (χ0) is 18.3. The summed E-state index contributed by atoms with van der Waals surface area (Å²) in [6.07, 6.45) is 0.112. The number of likely N-dealkylation sites (N-methyl/N-ethyl adjacent to an activating group) is 1. The molecule has 0 spiro atoms. The van der Waals surface area contributed by atoms with E-state index in [-0.39, 0.29) is 42.2 Å². The molecule has 1 unspecified atom stereocenters. The van der Waals surface area contributed by atoms with Crippen LogP contribution in [0.5, 0.6) is 5.75 Å². The molecule has 0 aromatic heterocycles. The highest BCUT2D eigenvalue weighted by atomic mass is 16.5. The number of rotatable bonds is 3. The molecule has 1 aromatic carbocycles. The minimum absolute atomic E-state index is 0.0414. The quantitative estimate of drug-likeness (QED) is 0.436. The van der Waals surface area contributed by atoms with Gasteiger partial charge in [-0.3, -0.25) is 33.8 Å². The van der Waals surface area contributed by atoms with Gasteiger partial charge in [-0.05, 0) is 18.6 Å². The molecule has 25 heavy (non-hydrogen) atoms. The molecule has 9 heteroatoms. The van der Waals surface area contributed by atoms with Crippen LogP contribution in [0, 0.1) is 0 Å². The third-order valence-corrected chi connectivity index (χ3v) is 4.23. The lowest BCUT2D eigenvalue weighted by Crippen LogP contribution is -2.54. The minimum atomic E-state index is -1.06. The Morgan fingerprint density at radius 2 is 1.96 bits per heavy atom. The second-order valence-electron chi connectivity index (χ2n) is 5.68. The van der Waals surface area contributed by atoms with Crippen LogP contribution in [0.3, 0.4) is 0 Å². The van der Waals surface area contributed by atoms with Crippen molar-refractivity contribution in [3.8, 4) is 5.75 Å². The van der Waals surface area contributed by atoms with Crippen molar-refractivity contribution in [2.24, 2.45) is 5.73 Å². The molecule has 2 aliphatic rings. The predicted octanol–water partition coefficient (Wildman–Crippen LogP) is -0.706. The van der Waals surface area contributed by atoms with Crippen LogP contribution in [-0.4, -0.2) is 59.0 Å². The molecule has 9 nitrogen and oxygen atoms in total. The Kier molecular flexibility index (Phi) is 4.09. The van der Waals surface area contributed by atoms with E-state index in [4.69, 9.17) is 10.5 Å². The van der Waals surface area contributed by atoms with Crippen molar-refractivity contribution in [1.82, 2.24) is 9.80 Å². The van der Waals surface area contributed by atoms with E-state index >= 15 is 0 Å². The molecule has 4 amide bonds. The number of likely N-dealkylation sites (tertiary alicyclic amines) is 1. The largest absolute Gasteiger partial charge is 0.425 e. The van der Waals surface area contributed by atoms with E-state index in [1.54, 1.807) is 0 Å². The van der Waals surface area contributed by atoms with Gasteiger partial charge in [-0.1, -0.05) is 6.07 Å². The summed E-state index contributed by atoms with van der Waals surface area (Å²) in [6.45, 7) is -0.385. The summed E-state index contributed by atoms with van der Waals surface area (Å²) < 4.78 is 5.01. The van der Waals surface area contributed by atoms with Crippen molar-refractivity contribution in [1.29, 1.82) is 0 Å². The number of nitrogens with zero attached hydrogens (tertiary/aromatic N) is 2. The summed E-state index contributed by atoms with van der Waals surface area (Å²) in [4.78, 5) is 62.5. The van der Waals surface area contributed by atoms with Gasteiger partial charge < -0.3 is 10.5 Å². The summed E-state index contributed by atoms with van der Waals surface area (Å²) in [7, 11) is 1.31. The molecular weight excluding hydrogens is 330 g/mol. The first-order chi connectivity index (χ1) is 11.9. The monoisotopic (exact) mass is 345 g/mol. The maximum atomic E-state index is 12.8. The highest BCUT2D eigenvalue weighted by Crippen LogP contribution is 2.34. The average molecular weight is 345 g/mol. The van der Waals surface area contributed by atoms with Gasteiger partial charge >= 0.3 is 5.97 Å². The molecular formula is C16H15N3O6. The number of esters is 1. The van der Waals surface area contributed by atoms with Gasteiger partial charge in [0.15, 0.2) is 0 Å². The Morgan fingerprint density at radius 3 is 2.64 bits per heavy atom. The first-order valence-corrected chi connectivity index (χ1v) is 7.59. The third kappa shape index (κ3) is 2.58. The van der Waals surface area contributed by atoms with Gasteiger partial charge in [0.2, 0.25) is 5.91 Å². The van der Waals surface area contributed by atoms with Gasteiger partial charge in [-0.2, -0.15) is 0 Å². The van der Waals surface area contributed by atoms with Crippen LogP contribution in [0.4, 0.5) is 0 Å². The molecule has 2 heterocycles. The van der Waals surface area contributed by atoms with Crippen molar-refractivity contribution in [3.05, 3.63) is 29.3 Å². The molecule has 1 atom stereocenters. The highest BCUT2D eigenvalue weighted by Gasteiger charge is 2.47. The molecule has 2 N–H and O–H groups in total. The first kappa shape index (κ1) is 16.8. The van der Waals surface area contributed by atoms with E-state index in [9.17, 15) is 24.0 Å². The lowest BCUT2D eigenvalue weighted by molar-refractivity contribution is -0.149. The Bertz CT molecular complexity index is 818. The number of hydrogen-bond donors (Lipinski definition) is 1. The second kappa shape index (κ2) is 6.10. The fourth-order valence-corrected chi connectivity index (χ4v) is 2.94. The molecule has 0 radical (unpaired) electrons. The van der Waals surface area contributed by atoms with Gasteiger partial charge in [0, 0.05) is 13.5 Å². The first-order valence-electron chi connectivity index (χ1n) is 7.59. The van der Waals surface area contributed by atoms with Crippen molar-refractivity contribution in [2.75, 3.05) is 13.6 Å². The smallest absolute Gasteiger partial charge is 0.325 e. The number of piperidine rings is 1. The Morgan fingerprint density at radius 1 is 1.24 bits per heavy atom. The molecule has 3 rings (SSSR count). The topological polar surface area (TPSA) is 127 Å². The lowest BCUT2D eigenvalue weighted by Gasteiger charge is -2.32. The number of amides is 4. The SMILES string of the molecule is CN1C(=O)CCC(N2C(=O)c3cccc(OC(=O)CN)c3C2=O)C1=O. The molecule has 1 aromatic rings. The van der Waals surface area contributed by atoms with Crippen molar-refractivity contribution < 1.29 is 28.7 Å². The lowest BCUT2D eigenvalue weighted by atomic mass is 10.0. The van der Waals surface area contributed by atoms with Crippen LogP contribution in [-0.2, 0) is 14.4 Å². The van der Waals surface area contributed by atoms with E-state index in [1.165, 1.54) is 25.2 Å². The summed E-state index contributed by atoms with van der Waals surface area (Å²) in [5.41, 5.74) is 5.16. The number of carbonyl (C=O) groups excluding carboxylic acids is 5. The molecule has 130 valence electrons. The summed E-state index contributed by atoms with van der Waals surface area (Å²) >= 11 is 0. The van der Waals surface area contributed by atoms with Crippen LogP contribution in [0.2, 0.25) is 0 Å². The Labute approximate surface area is 142 Å². The Hall–Kier alpha value is -3.07. The fourth-order valence-electron chi connectivity index (χ4n) is 2.94. The second-order valence-corrected chi connectivity index (χ2v) is 5.68. The number of imide groups is 2. The average Bonchev–Trinajstić information content (AvgIpc) is 2.85. The highest BCUT2D eigenvalue weighted by molar-refractivity contribution is 6.24.